The zero-order valence-electron chi connectivity index (χ0n) is 11.5. The molecule has 1 aromatic carbocycles. The average Bonchev–Trinajstić information content (AvgIpc) is 2.27. The van der Waals surface area contributed by atoms with Gasteiger partial charge in [-0.3, -0.25) is 9.59 Å². The largest absolute Gasteiger partial charge is 0.481 e. The predicted molar refractivity (Wildman–Crippen MR) is 74.0 cm³/mol. The standard InChI is InChI=1S/C15H21NO3/c1-11-5-3-7-13(9-11)10-14(17)16-12(2)6-4-8-15(18)19/h3,5,7,9,12H,4,6,8,10H2,1-2H3,(H,16,17)(H,18,19). The van der Waals surface area contributed by atoms with Crippen molar-refractivity contribution in [1.29, 1.82) is 0 Å². The van der Waals surface area contributed by atoms with E-state index < -0.39 is 5.97 Å². The molecule has 0 heterocycles. The molecule has 2 N–H and O–H groups in total. The van der Waals surface area contributed by atoms with Crippen molar-refractivity contribution in [3.8, 4) is 0 Å². The van der Waals surface area contributed by atoms with Crippen molar-refractivity contribution in [2.45, 2.75) is 45.6 Å². The van der Waals surface area contributed by atoms with Crippen molar-refractivity contribution < 1.29 is 14.7 Å². The van der Waals surface area contributed by atoms with Crippen LogP contribution in [-0.2, 0) is 16.0 Å². The van der Waals surface area contributed by atoms with Crippen molar-refractivity contribution >= 4 is 11.9 Å². The minimum atomic E-state index is -0.793. The van der Waals surface area contributed by atoms with Crippen LogP contribution in [0.25, 0.3) is 0 Å². The second kappa shape index (κ2) is 7.56. The first-order valence-corrected chi connectivity index (χ1v) is 6.54. The molecule has 0 aromatic heterocycles. The van der Waals surface area contributed by atoms with Crippen molar-refractivity contribution in [1.82, 2.24) is 5.32 Å². The molecule has 104 valence electrons. The molecule has 0 aliphatic rings. The maximum Gasteiger partial charge on any atom is 0.303 e. The molecule has 0 bridgehead atoms. The Kier molecular flexibility index (Phi) is 6.06. The van der Waals surface area contributed by atoms with Crippen molar-refractivity contribution in [3.05, 3.63) is 35.4 Å². The van der Waals surface area contributed by atoms with E-state index in [1.54, 1.807) is 0 Å². The third-order valence-electron chi connectivity index (χ3n) is 2.88. The van der Waals surface area contributed by atoms with Crippen LogP contribution in [0.2, 0.25) is 0 Å². The van der Waals surface area contributed by atoms with Crippen LogP contribution in [0.4, 0.5) is 0 Å². The summed E-state index contributed by atoms with van der Waals surface area (Å²) in [6, 6.07) is 7.87. The number of carboxylic acids is 1. The Hall–Kier alpha value is -1.84. The van der Waals surface area contributed by atoms with Crippen LogP contribution in [-0.4, -0.2) is 23.0 Å². The van der Waals surface area contributed by atoms with Gasteiger partial charge >= 0.3 is 5.97 Å². The Morgan fingerprint density at radius 1 is 1.37 bits per heavy atom. The van der Waals surface area contributed by atoms with E-state index in [4.69, 9.17) is 5.11 Å². The molecule has 1 rings (SSSR count). The summed E-state index contributed by atoms with van der Waals surface area (Å²) >= 11 is 0. The number of rotatable bonds is 7. The molecule has 1 aromatic rings. The topological polar surface area (TPSA) is 66.4 Å². The second-order valence-electron chi connectivity index (χ2n) is 4.92. The Bertz CT molecular complexity index is 443. The lowest BCUT2D eigenvalue weighted by atomic mass is 10.1. The quantitative estimate of drug-likeness (QED) is 0.793. The fourth-order valence-electron chi connectivity index (χ4n) is 1.96. The predicted octanol–water partition coefficient (Wildman–Crippen LogP) is 2.30. The fraction of sp³-hybridized carbons (Fsp3) is 0.467. The van der Waals surface area contributed by atoms with E-state index in [2.05, 4.69) is 5.32 Å². The Labute approximate surface area is 113 Å². The first kappa shape index (κ1) is 15.2. The zero-order chi connectivity index (χ0) is 14.3. The highest BCUT2D eigenvalue weighted by Gasteiger charge is 2.09. The van der Waals surface area contributed by atoms with Gasteiger partial charge in [0.1, 0.15) is 0 Å². The monoisotopic (exact) mass is 263 g/mol. The Morgan fingerprint density at radius 3 is 2.74 bits per heavy atom. The minimum absolute atomic E-state index is 0.0108. The van der Waals surface area contributed by atoms with Gasteiger partial charge in [-0.15, -0.1) is 0 Å². The van der Waals surface area contributed by atoms with Gasteiger partial charge in [0, 0.05) is 12.5 Å². The Morgan fingerprint density at radius 2 is 2.11 bits per heavy atom. The summed E-state index contributed by atoms with van der Waals surface area (Å²) in [4.78, 5) is 22.2. The van der Waals surface area contributed by atoms with Crippen LogP contribution in [0, 0.1) is 6.92 Å². The van der Waals surface area contributed by atoms with E-state index in [1.807, 2.05) is 38.1 Å². The number of benzene rings is 1. The zero-order valence-corrected chi connectivity index (χ0v) is 11.5. The molecule has 0 spiro atoms. The maximum atomic E-state index is 11.8. The lowest BCUT2D eigenvalue weighted by Gasteiger charge is -2.13. The maximum absolute atomic E-state index is 11.8. The molecule has 0 aliphatic carbocycles. The first-order chi connectivity index (χ1) is 8.97. The fourth-order valence-corrected chi connectivity index (χ4v) is 1.96. The highest BCUT2D eigenvalue weighted by atomic mass is 16.4. The third kappa shape index (κ3) is 6.60. The van der Waals surface area contributed by atoms with Crippen LogP contribution < -0.4 is 5.32 Å². The molecular weight excluding hydrogens is 242 g/mol. The van der Waals surface area contributed by atoms with Gasteiger partial charge in [0.15, 0.2) is 0 Å². The molecule has 0 saturated carbocycles. The summed E-state index contributed by atoms with van der Waals surface area (Å²) in [5.41, 5.74) is 2.13. The number of nitrogens with one attached hydrogen (secondary N) is 1. The molecule has 4 nitrogen and oxygen atoms in total. The van der Waals surface area contributed by atoms with Gasteiger partial charge in [-0.25, -0.2) is 0 Å². The lowest BCUT2D eigenvalue weighted by molar-refractivity contribution is -0.137. The molecule has 0 aliphatic heterocycles. The number of amides is 1. The van der Waals surface area contributed by atoms with Crippen LogP contribution >= 0.6 is 0 Å². The van der Waals surface area contributed by atoms with E-state index in [9.17, 15) is 9.59 Å². The summed E-state index contributed by atoms with van der Waals surface area (Å²) in [7, 11) is 0. The summed E-state index contributed by atoms with van der Waals surface area (Å²) in [5, 5.41) is 11.4. The number of carbonyl (C=O) groups excluding carboxylic acids is 1. The highest BCUT2D eigenvalue weighted by Crippen LogP contribution is 2.06. The van der Waals surface area contributed by atoms with Crippen LogP contribution in [0.15, 0.2) is 24.3 Å². The number of aryl methyl sites for hydroxylation is 1. The smallest absolute Gasteiger partial charge is 0.303 e. The highest BCUT2D eigenvalue weighted by molar-refractivity contribution is 5.78. The van der Waals surface area contributed by atoms with Gasteiger partial charge in [0.2, 0.25) is 5.91 Å². The first-order valence-electron chi connectivity index (χ1n) is 6.54. The minimum Gasteiger partial charge on any atom is -0.481 e. The van der Waals surface area contributed by atoms with Gasteiger partial charge in [-0.2, -0.15) is 0 Å². The lowest BCUT2D eigenvalue weighted by Crippen LogP contribution is -2.33. The molecule has 4 heteroatoms. The molecule has 0 fully saturated rings. The number of hydrogen-bond donors (Lipinski definition) is 2. The average molecular weight is 263 g/mol. The third-order valence-corrected chi connectivity index (χ3v) is 2.88. The van der Waals surface area contributed by atoms with E-state index in [1.165, 1.54) is 0 Å². The van der Waals surface area contributed by atoms with Crippen molar-refractivity contribution in [2.75, 3.05) is 0 Å². The molecule has 1 amide bonds. The summed E-state index contributed by atoms with van der Waals surface area (Å²) < 4.78 is 0. The van der Waals surface area contributed by atoms with Gasteiger partial charge in [0.25, 0.3) is 0 Å². The van der Waals surface area contributed by atoms with Gasteiger partial charge in [-0.1, -0.05) is 29.8 Å². The molecule has 1 unspecified atom stereocenters. The van der Waals surface area contributed by atoms with E-state index in [0.717, 1.165) is 11.1 Å². The van der Waals surface area contributed by atoms with E-state index in [0.29, 0.717) is 19.3 Å². The van der Waals surface area contributed by atoms with E-state index in [-0.39, 0.29) is 18.4 Å². The summed E-state index contributed by atoms with van der Waals surface area (Å²) in [6.45, 7) is 3.89. The Balaban J connectivity index is 2.32. The number of aliphatic carboxylic acids is 1. The number of hydrogen-bond acceptors (Lipinski definition) is 2. The molecule has 0 radical (unpaired) electrons. The second-order valence-corrected chi connectivity index (χ2v) is 4.92. The van der Waals surface area contributed by atoms with E-state index >= 15 is 0 Å². The summed E-state index contributed by atoms with van der Waals surface area (Å²) in [5.74, 6) is -0.813. The van der Waals surface area contributed by atoms with Crippen LogP contribution in [0.3, 0.4) is 0 Å². The summed E-state index contributed by atoms with van der Waals surface area (Å²) in [6.07, 6.45) is 1.79. The van der Waals surface area contributed by atoms with Crippen molar-refractivity contribution in [3.63, 3.8) is 0 Å². The molecule has 1 atom stereocenters. The van der Waals surface area contributed by atoms with Crippen molar-refractivity contribution in [2.24, 2.45) is 0 Å². The van der Waals surface area contributed by atoms with Crippen LogP contribution in [0.5, 0.6) is 0 Å². The molecule has 19 heavy (non-hydrogen) atoms. The number of carbonyl (C=O) groups is 2. The van der Waals surface area contributed by atoms with Gasteiger partial charge in [-0.05, 0) is 32.3 Å². The van der Waals surface area contributed by atoms with Gasteiger partial charge < -0.3 is 10.4 Å². The molecular formula is C15H21NO3. The normalized spacial score (nSPS) is 11.9. The van der Waals surface area contributed by atoms with Gasteiger partial charge in [0.05, 0.1) is 6.42 Å². The number of carboxylic acid groups (broad SMARTS) is 1. The molecule has 0 saturated heterocycles. The van der Waals surface area contributed by atoms with Crippen LogP contribution in [0.1, 0.15) is 37.3 Å². The SMILES string of the molecule is Cc1cccc(CC(=O)NC(C)CCCC(=O)O)c1.